The van der Waals surface area contributed by atoms with Crippen LogP contribution < -0.4 is 15.5 Å². The molecular formula is C30H26ClF3N8O3. The minimum Gasteiger partial charge on any atom is -0.364 e. The zero-order valence-corrected chi connectivity index (χ0v) is 24.3. The third-order valence-corrected chi connectivity index (χ3v) is 8.34. The fourth-order valence-corrected chi connectivity index (χ4v) is 5.85. The Morgan fingerprint density at radius 3 is 2.60 bits per heavy atom. The molecule has 45 heavy (non-hydrogen) atoms. The van der Waals surface area contributed by atoms with Crippen LogP contribution in [0.1, 0.15) is 47.9 Å². The molecule has 2 saturated carbocycles. The number of amides is 4. The van der Waals surface area contributed by atoms with Gasteiger partial charge in [0.05, 0.1) is 17.9 Å². The van der Waals surface area contributed by atoms with Crippen molar-refractivity contribution in [2.45, 2.75) is 43.8 Å². The Hall–Kier alpha value is -4.72. The van der Waals surface area contributed by atoms with Gasteiger partial charge in [-0.25, -0.2) is 19.7 Å². The highest BCUT2D eigenvalue weighted by Gasteiger charge is 2.45. The van der Waals surface area contributed by atoms with Gasteiger partial charge < -0.3 is 15.0 Å². The fraction of sp³-hybridized carbons (Fsp3) is 0.333. The number of nitrogens with one attached hydrogen (secondary N) is 2. The molecule has 2 N–H and O–H groups in total. The van der Waals surface area contributed by atoms with Crippen molar-refractivity contribution in [2.24, 2.45) is 5.92 Å². The van der Waals surface area contributed by atoms with Crippen LogP contribution in [0.2, 0.25) is 5.02 Å². The Balaban J connectivity index is 1.05. The highest BCUT2D eigenvalue weighted by molar-refractivity contribution is 6.30. The predicted molar refractivity (Wildman–Crippen MR) is 158 cm³/mol. The number of anilines is 3. The molecule has 1 aromatic carbocycles. The van der Waals surface area contributed by atoms with Gasteiger partial charge in [-0.3, -0.25) is 19.4 Å². The monoisotopic (exact) mass is 638 g/mol. The van der Waals surface area contributed by atoms with E-state index in [1.165, 1.54) is 6.33 Å². The SMILES string of the molecule is O=C(Nc1cc(NCc2cn3cc(C4CC4)cc(N4CC(=O)N(CC(F)(F)F)C4=O)c3n2)ncn1)[C@H]1C[C@@H]1c1cccc(Cl)c1. The number of hydrogen-bond donors (Lipinski definition) is 2. The number of benzene rings is 1. The number of pyridine rings is 1. The number of alkyl halides is 3. The van der Waals surface area contributed by atoms with Crippen LogP contribution in [0.15, 0.2) is 55.1 Å². The molecule has 4 heterocycles. The van der Waals surface area contributed by atoms with Gasteiger partial charge in [-0.15, -0.1) is 0 Å². The van der Waals surface area contributed by atoms with E-state index >= 15 is 0 Å². The molecule has 1 saturated heterocycles. The van der Waals surface area contributed by atoms with Crippen LogP contribution in [0.25, 0.3) is 5.65 Å². The predicted octanol–water partition coefficient (Wildman–Crippen LogP) is 5.34. The molecule has 4 amide bonds. The summed E-state index contributed by atoms with van der Waals surface area (Å²) in [6, 6.07) is 9.78. The van der Waals surface area contributed by atoms with Gasteiger partial charge in [0.2, 0.25) is 5.91 Å². The Labute approximate surface area is 259 Å². The van der Waals surface area contributed by atoms with E-state index in [1.807, 2.05) is 24.4 Å². The first-order valence-corrected chi connectivity index (χ1v) is 14.7. The third-order valence-electron chi connectivity index (χ3n) is 8.11. The summed E-state index contributed by atoms with van der Waals surface area (Å²) in [7, 11) is 0. The molecule has 0 unspecified atom stereocenters. The first-order valence-electron chi connectivity index (χ1n) is 14.3. The number of rotatable bonds is 9. The van der Waals surface area contributed by atoms with Crippen LogP contribution in [0.3, 0.4) is 0 Å². The Kier molecular flexibility index (Phi) is 7.10. The van der Waals surface area contributed by atoms with Crippen molar-refractivity contribution < 1.29 is 27.6 Å². The van der Waals surface area contributed by atoms with Crippen molar-refractivity contribution in [1.29, 1.82) is 0 Å². The van der Waals surface area contributed by atoms with Crippen LogP contribution in [0.5, 0.6) is 0 Å². The summed E-state index contributed by atoms with van der Waals surface area (Å²) in [5, 5.41) is 6.62. The molecule has 3 aliphatic rings. The van der Waals surface area contributed by atoms with E-state index < -0.39 is 31.2 Å². The van der Waals surface area contributed by atoms with E-state index in [0.29, 0.717) is 28.0 Å². The molecular weight excluding hydrogens is 613 g/mol. The molecule has 15 heteroatoms. The quantitative estimate of drug-likeness (QED) is 0.237. The topological polar surface area (TPSA) is 125 Å². The van der Waals surface area contributed by atoms with Gasteiger partial charge >= 0.3 is 12.2 Å². The van der Waals surface area contributed by atoms with Gasteiger partial charge in [0.1, 0.15) is 31.1 Å². The summed E-state index contributed by atoms with van der Waals surface area (Å²) in [6.45, 7) is -1.94. The van der Waals surface area contributed by atoms with Gasteiger partial charge in [-0.1, -0.05) is 23.7 Å². The van der Waals surface area contributed by atoms with E-state index in [0.717, 1.165) is 35.3 Å². The standard InChI is InChI=1S/C30H26ClF3N8O3/c31-19-3-1-2-17(6-19)21-8-22(21)28(44)39-25-9-24(36-15-37-25)35-10-20-12-40-11-18(16-4-5-16)7-23(27(40)38-20)41-13-26(43)42(29(41)45)14-30(32,33)34/h1-3,6-7,9,11-12,15-16,21-22H,4-5,8,10,13-14H2,(H2,35,36,37,39,44)/t21-,22+/m1/s1. The Morgan fingerprint density at radius 2 is 1.84 bits per heavy atom. The zero-order valence-electron chi connectivity index (χ0n) is 23.6. The van der Waals surface area contributed by atoms with Crippen molar-refractivity contribution in [3.8, 4) is 0 Å². The average Bonchev–Trinajstić information content (AvgIpc) is 3.92. The minimum absolute atomic E-state index is 0.102. The number of imide groups is 1. The highest BCUT2D eigenvalue weighted by Crippen LogP contribution is 2.48. The number of aromatic nitrogens is 4. The number of nitrogens with zero attached hydrogens (tertiary/aromatic N) is 6. The molecule has 232 valence electrons. The molecule has 3 aromatic heterocycles. The number of imidazole rings is 1. The van der Waals surface area contributed by atoms with Gasteiger partial charge in [0.15, 0.2) is 5.65 Å². The van der Waals surface area contributed by atoms with Crippen LogP contribution >= 0.6 is 11.6 Å². The van der Waals surface area contributed by atoms with Crippen molar-refractivity contribution in [2.75, 3.05) is 28.6 Å². The lowest BCUT2D eigenvalue weighted by Crippen LogP contribution is -2.40. The van der Waals surface area contributed by atoms with Crippen LogP contribution in [-0.2, 0) is 16.1 Å². The maximum Gasteiger partial charge on any atom is 0.406 e. The number of carbonyl (C=O) groups excluding carboxylic acids is 3. The molecule has 0 spiro atoms. The lowest BCUT2D eigenvalue weighted by atomic mass is 10.1. The summed E-state index contributed by atoms with van der Waals surface area (Å²) in [6.07, 6.45) is 2.88. The van der Waals surface area contributed by atoms with E-state index in [-0.39, 0.29) is 40.8 Å². The average molecular weight is 639 g/mol. The largest absolute Gasteiger partial charge is 0.406 e. The maximum absolute atomic E-state index is 13.0. The van der Waals surface area contributed by atoms with E-state index in [9.17, 15) is 27.6 Å². The third kappa shape index (κ3) is 6.14. The second-order valence-electron chi connectivity index (χ2n) is 11.5. The van der Waals surface area contributed by atoms with Gasteiger partial charge in [-0.2, -0.15) is 13.2 Å². The molecule has 2 atom stereocenters. The lowest BCUT2D eigenvalue weighted by Gasteiger charge is -2.19. The summed E-state index contributed by atoms with van der Waals surface area (Å²) >= 11 is 6.09. The normalized spacial score (nSPS) is 19.8. The Bertz CT molecular complexity index is 1840. The summed E-state index contributed by atoms with van der Waals surface area (Å²) < 4.78 is 40.8. The van der Waals surface area contributed by atoms with Crippen molar-refractivity contribution >= 4 is 52.4 Å². The molecule has 3 fully saturated rings. The second-order valence-corrected chi connectivity index (χ2v) is 11.9. The number of halogens is 4. The first kappa shape index (κ1) is 29.0. The molecule has 2 aliphatic carbocycles. The van der Waals surface area contributed by atoms with Crippen LogP contribution in [-0.4, -0.2) is 61.4 Å². The molecule has 0 bridgehead atoms. The molecule has 1 aliphatic heterocycles. The van der Waals surface area contributed by atoms with E-state index in [1.54, 1.807) is 28.8 Å². The summed E-state index contributed by atoms with van der Waals surface area (Å²) in [5.41, 5.74) is 3.10. The molecule has 7 rings (SSSR count). The van der Waals surface area contributed by atoms with Crippen molar-refractivity contribution in [1.82, 2.24) is 24.3 Å². The van der Waals surface area contributed by atoms with Gasteiger partial charge in [0, 0.05) is 29.4 Å². The highest BCUT2D eigenvalue weighted by atomic mass is 35.5. The van der Waals surface area contributed by atoms with Gasteiger partial charge in [-0.05, 0) is 60.4 Å². The summed E-state index contributed by atoms with van der Waals surface area (Å²) in [4.78, 5) is 52.5. The van der Waals surface area contributed by atoms with Crippen LogP contribution in [0.4, 0.5) is 35.3 Å². The zero-order chi connectivity index (χ0) is 31.5. The second kappa shape index (κ2) is 11.0. The van der Waals surface area contributed by atoms with Crippen LogP contribution in [0, 0.1) is 5.92 Å². The van der Waals surface area contributed by atoms with Gasteiger partial charge in [0.25, 0.3) is 5.91 Å². The minimum atomic E-state index is -4.71. The Morgan fingerprint density at radius 1 is 1.04 bits per heavy atom. The smallest absolute Gasteiger partial charge is 0.364 e. The van der Waals surface area contributed by atoms with E-state index in [4.69, 9.17) is 11.6 Å². The van der Waals surface area contributed by atoms with Crippen molar-refractivity contribution in [3.05, 3.63) is 77.0 Å². The first-order chi connectivity index (χ1) is 21.5. The molecule has 11 nitrogen and oxygen atoms in total. The number of fused-ring (bicyclic) bond motifs is 1. The van der Waals surface area contributed by atoms with E-state index in [2.05, 4.69) is 25.6 Å². The number of hydrogen-bond acceptors (Lipinski definition) is 7. The molecule has 4 aromatic rings. The van der Waals surface area contributed by atoms with Crippen molar-refractivity contribution in [3.63, 3.8) is 0 Å². The summed E-state index contributed by atoms with van der Waals surface area (Å²) in [5.74, 6) is -0.113. The lowest BCUT2D eigenvalue weighted by molar-refractivity contribution is -0.151. The maximum atomic E-state index is 13.0. The number of carbonyl (C=O) groups is 3. The number of urea groups is 1. The fourth-order valence-electron chi connectivity index (χ4n) is 5.65. The molecule has 0 radical (unpaired) electrons.